The summed E-state index contributed by atoms with van der Waals surface area (Å²) < 4.78 is 0.966. The van der Waals surface area contributed by atoms with Gasteiger partial charge in [-0.3, -0.25) is 4.79 Å². The number of carbonyl (C=O) groups excluding carboxylic acids is 1. The number of rotatable bonds is 5. The second-order valence-electron chi connectivity index (χ2n) is 5.97. The molecule has 1 aliphatic rings. The molecule has 1 atom stereocenters. The first kappa shape index (κ1) is 18.1. The van der Waals surface area contributed by atoms with E-state index in [2.05, 4.69) is 47.6 Å². The minimum absolute atomic E-state index is 0.0145. The van der Waals surface area contributed by atoms with Crippen LogP contribution in [0.4, 0.5) is 5.69 Å². The molecule has 2 aromatic carbocycles. The lowest BCUT2D eigenvalue weighted by molar-refractivity contribution is -0.119. The third-order valence-corrected chi connectivity index (χ3v) is 6.39. The maximum absolute atomic E-state index is 12.2. The summed E-state index contributed by atoms with van der Waals surface area (Å²) in [5.74, 6) is 1.36. The minimum atomic E-state index is 0.0145. The van der Waals surface area contributed by atoms with Gasteiger partial charge in [-0.05, 0) is 36.1 Å². The number of fused-ring (bicyclic) bond motifs is 1. The molecule has 0 radical (unpaired) electrons. The quantitative estimate of drug-likeness (QED) is 0.797. The highest BCUT2D eigenvalue weighted by Gasteiger charge is 2.15. The van der Waals surface area contributed by atoms with Gasteiger partial charge in [-0.15, -0.1) is 0 Å². The van der Waals surface area contributed by atoms with Crippen molar-refractivity contribution in [3.05, 3.63) is 65.2 Å². The van der Waals surface area contributed by atoms with E-state index in [-0.39, 0.29) is 11.9 Å². The summed E-state index contributed by atoms with van der Waals surface area (Å²) in [6.07, 6.45) is 1.03. The Morgan fingerprint density at radius 1 is 1.24 bits per heavy atom. The Balaban J connectivity index is 1.52. The first-order valence-electron chi connectivity index (χ1n) is 8.46. The number of carbonyl (C=O) groups is 1. The summed E-state index contributed by atoms with van der Waals surface area (Å²) >= 11 is 3.21. The summed E-state index contributed by atoms with van der Waals surface area (Å²) in [5, 5.41) is 3.07. The Labute approximate surface area is 157 Å². The highest BCUT2D eigenvalue weighted by Crippen LogP contribution is 2.34. The van der Waals surface area contributed by atoms with Crippen molar-refractivity contribution in [1.29, 1.82) is 0 Å². The molecule has 3 rings (SSSR count). The van der Waals surface area contributed by atoms with Crippen LogP contribution in [0, 0.1) is 0 Å². The number of benzene rings is 2. The van der Waals surface area contributed by atoms with Crippen LogP contribution in [0.1, 0.15) is 36.6 Å². The standard InChI is InChI=1S/C20H22N2OS2/c1-3-15-8-10-16(11-9-15)14(2)21-19(23)13-25-20-22-18-7-5-4-6-17(18)12-24-20/h4-11,14H,3,12-13H2,1-2H3,(H,21,23). The van der Waals surface area contributed by atoms with Gasteiger partial charge in [0.2, 0.25) is 5.91 Å². The van der Waals surface area contributed by atoms with Crippen LogP contribution in [0.25, 0.3) is 0 Å². The Kier molecular flexibility index (Phi) is 6.21. The van der Waals surface area contributed by atoms with E-state index in [1.807, 2.05) is 25.1 Å². The number of aliphatic imine (C=N–C) groups is 1. The molecule has 1 aliphatic heterocycles. The molecule has 1 amide bonds. The van der Waals surface area contributed by atoms with Gasteiger partial charge in [-0.2, -0.15) is 0 Å². The monoisotopic (exact) mass is 370 g/mol. The van der Waals surface area contributed by atoms with E-state index in [0.717, 1.165) is 27.8 Å². The number of hydrogen-bond donors (Lipinski definition) is 1. The van der Waals surface area contributed by atoms with Gasteiger partial charge in [0.25, 0.3) is 0 Å². The molecule has 0 fully saturated rings. The van der Waals surface area contributed by atoms with Crippen LogP contribution >= 0.6 is 23.5 Å². The van der Waals surface area contributed by atoms with Crippen molar-refractivity contribution in [3.8, 4) is 0 Å². The van der Waals surface area contributed by atoms with Crippen LogP contribution in [0.15, 0.2) is 53.5 Å². The summed E-state index contributed by atoms with van der Waals surface area (Å²) in [4.78, 5) is 16.9. The fraction of sp³-hybridized carbons (Fsp3) is 0.300. The van der Waals surface area contributed by atoms with Gasteiger partial charge in [0, 0.05) is 5.75 Å². The molecule has 1 N–H and O–H groups in total. The van der Waals surface area contributed by atoms with Crippen LogP contribution in [0.3, 0.4) is 0 Å². The molecule has 130 valence electrons. The van der Waals surface area contributed by atoms with Gasteiger partial charge in [0.1, 0.15) is 4.38 Å². The van der Waals surface area contributed by atoms with Crippen LogP contribution in [-0.2, 0) is 17.0 Å². The lowest BCUT2D eigenvalue weighted by Gasteiger charge is -2.16. The van der Waals surface area contributed by atoms with Gasteiger partial charge in [-0.25, -0.2) is 4.99 Å². The van der Waals surface area contributed by atoms with Crippen molar-refractivity contribution in [2.75, 3.05) is 5.75 Å². The molecule has 0 saturated heterocycles. The SMILES string of the molecule is CCc1ccc(C(C)NC(=O)CSC2=Nc3ccccc3CS2)cc1. The Hall–Kier alpha value is -1.72. The minimum Gasteiger partial charge on any atom is -0.349 e. The molecule has 0 spiro atoms. The summed E-state index contributed by atoms with van der Waals surface area (Å²) in [6, 6.07) is 16.6. The van der Waals surface area contributed by atoms with E-state index < -0.39 is 0 Å². The zero-order valence-electron chi connectivity index (χ0n) is 14.5. The third-order valence-electron chi connectivity index (χ3n) is 4.15. The van der Waals surface area contributed by atoms with E-state index in [9.17, 15) is 4.79 Å². The predicted octanol–water partition coefficient (Wildman–Crippen LogP) is 5.09. The Morgan fingerprint density at radius 2 is 2.00 bits per heavy atom. The van der Waals surface area contributed by atoms with Crippen molar-refractivity contribution in [2.45, 2.75) is 32.1 Å². The number of hydrogen-bond acceptors (Lipinski definition) is 4. The number of thioether (sulfide) groups is 2. The van der Waals surface area contributed by atoms with E-state index >= 15 is 0 Å². The highest BCUT2D eigenvalue weighted by molar-refractivity contribution is 8.38. The van der Waals surface area contributed by atoms with Gasteiger partial charge >= 0.3 is 0 Å². The number of para-hydroxylation sites is 1. The lowest BCUT2D eigenvalue weighted by atomic mass is 10.1. The molecule has 0 saturated carbocycles. The maximum Gasteiger partial charge on any atom is 0.230 e. The molecule has 0 aliphatic carbocycles. The molecule has 1 unspecified atom stereocenters. The zero-order chi connectivity index (χ0) is 17.6. The molecule has 2 aromatic rings. The smallest absolute Gasteiger partial charge is 0.230 e. The second-order valence-corrected chi connectivity index (χ2v) is 8.15. The fourth-order valence-corrected chi connectivity index (χ4v) is 4.50. The molecule has 25 heavy (non-hydrogen) atoms. The fourth-order valence-electron chi connectivity index (χ4n) is 2.62. The summed E-state index contributed by atoms with van der Waals surface area (Å²) in [6.45, 7) is 4.16. The summed E-state index contributed by atoms with van der Waals surface area (Å²) in [7, 11) is 0. The molecule has 0 bridgehead atoms. The van der Waals surface area contributed by atoms with Crippen molar-refractivity contribution in [1.82, 2.24) is 5.32 Å². The zero-order valence-corrected chi connectivity index (χ0v) is 16.1. The van der Waals surface area contributed by atoms with Crippen LogP contribution < -0.4 is 5.32 Å². The molecule has 5 heteroatoms. The van der Waals surface area contributed by atoms with Crippen molar-refractivity contribution < 1.29 is 4.79 Å². The third kappa shape index (κ3) is 4.89. The molecular formula is C20H22N2OS2. The predicted molar refractivity (Wildman–Crippen MR) is 110 cm³/mol. The van der Waals surface area contributed by atoms with Crippen molar-refractivity contribution in [2.24, 2.45) is 4.99 Å². The summed E-state index contributed by atoms with van der Waals surface area (Å²) in [5.41, 5.74) is 4.72. The molecule has 3 nitrogen and oxygen atoms in total. The normalized spacial score (nSPS) is 14.4. The van der Waals surface area contributed by atoms with Gasteiger partial charge in [-0.1, -0.05) is 72.9 Å². The largest absolute Gasteiger partial charge is 0.349 e. The van der Waals surface area contributed by atoms with Crippen molar-refractivity contribution >= 4 is 39.5 Å². The second kappa shape index (κ2) is 8.59. The number of nitrogens with zero attached hydrogens (tertiary/aromatic N) is 1. The van der Waals surface area contributed by atoms with Gasteiger partial charge in [0.15, 0.2) is 0 Å². The van der Waals surface area contributed by atoms with E-state index in [4.69, 9.17) is 0 Å². The molecule has 1 heterocycles. The number of aryl methyl sites for hydroxylation is 1. The number of nitrogens with one attached hydrogen (secondary N) is 1. The molecule has 0 aromatic heterocycles. The highest BCUT2D eigenvalue weighted by atomic mass is 32.2. The van der Waals surface area contributed by atoms with E-state index in [1.54, 1.807) is 11.8 Å². The van der Waals surface area contributed by atoms with Crippen LogP contribution in [0.5, 0.6) is 0 Å². The van der Waals surface area contributed by atoms with Crippen LogP contribution in [-0.4, -0.2) is 16.0 Å². The first-order chi connectivity index (χ1) is 12.2. The molecular weight excluding hydrogens is 348 g/mol. The maximum atomic E-state index is 12.2. The Bertz CT molecular complexity index is 772. The van der Waals surface area contributed by atoms with E-state index in [0.29, 0.717) is 5.75 Å². The lowest BCUT2D eigenvalue weighted by Crippen LogP contribution is -2.28. The average Bonchev–Trinajstić information content (AvgIpc) is 2.66. The van der Waals surface area contributed by atoms with Crippen molar-refractivity contribution in [3.63, 3.8) is 0 Å². The topological polar surface area (TPSA) is 41.5 Å². The number of amides is 1. The van der Waals surface area contributed by atoms with Crippen LogP contribution in [0.2, 0.25) is 0 Å². The van der Waals surface area contributed by atoms with Gasteiger partial charge < -0.3 is 5.32 Å². The Morgan fingerprint density at radius 3 is 2.76 bits per heavy atom. The average molecular weight is 371 g/mol. The first-order valence-corrected chi connectivity index (χ1v) is 10.4. The van der Waals surface area contributed by atoms with Gasteiger partial charge in [0.05, 0.1) is 17.5 Å². The van der Waals surface area contributed by atoms with E-state index in [1.165, 1.54) is 22.9 Å².